The van der Waals surface area contributed by atoms with Gasteiger partial charge in [-0.2, -0.15) is 0 Å². The summed E-state index contributed by atoms with van der Waals surface area (Å²) in [6.45, 7) is 7.37. The number of nitrogens with one attached hydrogen (secondary N) is 1. The van der Waals surface area contributed by atoms with Crippen LogP contribution in [0.5, 0.6) is 11.5 Å². The summed E-state index contributed by atoms with van der Waals surface area (Å²) in [4.78, 5) is 30.2. The van der Waals surface area contributed by atoms with Crippen LogP contribution in [0.25, 0.3) is 0 Å². The molecule has 0 spiro atoms. The molecular formula is C33H43N3O6S2. The number of hydrogen-bond acceptors (Lipinski definition) is 7. The predicted octanol–water partition coefficient (Wildman–Crippen LogP) is 5.73. The number of ether oxygens (including phenoxy) is 2. The van der Waals surface area contributed by atoms with Gasteiger partial charge >= 0.3 is 0 Å². The van der Waals surface area contributed by atoms with E-state index in [0.29, 0.717) is 24.5 Å². The SMILES string of the molecule is CCOc1ccccc1N(CC(=O)N(Cc1ccc(OC)cc1)[C@H](CC)C(=O)N[C@@H](C)CC)S(=O)(=O)c1ccc(SC)cc1. The topological polar surface area (TPSA) is 105 Å². The Hall–Kier alpha value is -3.70. The van der Waals surface area contributed by atoms with Crippen molar-refractivity contribution in [3.8, 4) is 11.5 Å². The van der Waals surface area contributed by atoms with Crippen molar-refractivity contribution in [3.05, 3.63) is 78.4 Å². The van der Waals surface area contributed by atoms with E-state index < -0.39 is 28.5 Å². The summed E-state index contributed by atoms with van der Waals surface area (Å²) in [6, 6.07) is 19.6. The van der Waals surface area contributed by atoms with Crippen molar-refractivity contribution >= 4 is 39.3 Å². The summed E-state index contributed by atoms with van der Waals surface area (Å²) in [5.74, 6) is 0.170. The monoisotopic (exact) mass is 641 g/mol. The fraction of sp³-hybridized carbons (Fsp3) is 0.394. The number of benzene rings is 3. The highest BCUT2D eigenvalue weighted by Crippen LogP contribution is 2.33. The van der Waals surface area contributed by atoms with Gasteiger partial charge in [-0.15, -0.1) is 11.8 Å². The third kappa shape index (κ3) is 8.69. The van der Waals surface area contributed by atoms with Gasteiger partial charge in [0.25, 0.3) is 10.0 Å². The summed E-state index contributed by atoms with van der Waals surface area (Å²) < 4.78 is 40.6. The zero-order valence-corrected chi connectivity index (χ0v) is 27.9. The maximum absolute atomic E-state index is 14.3. The van der Waals surface area contributed by atoms with Crippen LogP contribution in [0.3, 0.4) is 0 Å². The smallest absolute Gasteiger partial charge is 0.264 e. The van der Waals surface area contributed by atoms with Crippen molar-refractivity contribution in [2.24, 2.45) is 0 Å². The van der Waals surface area contributed by atoms with Crippen molar-refractivity contribution in [2.45, 2.75) is 69.0 Å². The second-order valence-electron chi connectivity index (χ2n) is 10.2. The molecule has 2 atom stereocenters. The summed E-state index contributed by atoms with van der Waals surface area (Å²) in [6.07, 6.45) is 2.97. The average molecular weight is 642 g/mol. The van der Waals surface area contributed by atoms with Crippen molar-refractivity contribution in [1.82, 2.24) is 10.2 Å². The third-order valence-corrected chi connectivity index (χ3v) is 9.78. The molecule has 9 nitrogen and oxygen atoms in total. The number of carbonyl (C=O) groups is 2. The van der Waals surface area contributed by atoms with Gasteiger partial charge in [-0.1, -0.05) is 38.1 Å². The van der Waals surface area contributed by atoms with Gasteiger partial charge in [-0.3, -0.25) is 13.9 Å². The molecule has 3 rings (SSSR count). The molecule has 238 valence electrons. The lowest BCUT2D eigenvalue weighted by molar-refractivity contribution is -0.140. The highest BCUT2D eigenvalue weighted by atomic mass is 32.2. The van der Waals surface area contributed by atoms with Crippen LogP contribution >= 0.6 is 11.8 Å². The van der Waals surface area contributed by atoms with Gasteiger partial charge in [0.05, 0.1) is 24.3 Å². The molecule has 0 aliphatic heterocycles. The minimum atomic E-state index is -4.23. The second-order valence-corrected chi connectivity index (χ2v) is 12.9. The number of thioether (sulfide) groups is 1. The van der Waals surface area contributed by atoms with Crippen LogP contribution in [0.2, 0.25) is 0 Å². The van der Waals surface area contributed by atoms with Crippen LogP contribution in [0.1, 0.15) is 46.1 Å². The Bertz CT molecular complexity index is 1480. The van der Waals surface area contributed by atoms with E-state index in [-0.39, 0.29) is 29.1 Å². The molecule has 0 aliphatic rings. The molecule has 2 amide bonds. The molecule has 0 fully saturated rings. The zero-order valence-electron chi connectivity index (χ0n) is 26.3. The third-order valence-electron chi connectivity index (χ3n) is 7.26. The van der Waals surface area contributed by atoms with E-state index >= 15 is 0 Å². The average Bonchev–Trinajstić information content (AvgIpc) is 3.04. The van der Waals surface area contributed by atoms with E-state index in [1.807, 2.05) is 39.2 Å². The van der Waals surface area contributed by atoms with E-state index in [2.05, 4.69) is 5.32 Å². The number of carbonyl (C=O) groups excluding carboxylic acids is 2. The van der Waals surface area contributed by atoms with Crippen LogP contribution < -0.4 is 19.1 Å². The first-order valence-corrected chi connectivity index (χ1v) is 17.4. The van der Waals surface area contributed by atoms with Gasteiger partial charge in [0, 0.05) is 17.5 Å². The Labute approximate surface area is 266 Å². The molecule has 11 heteroatoms. The molecule has 0 aromatic heterocycles. The van der Waals surface area contributed by atoms with Crippen LogP contribution in [0, 0.1) is 0 Å². The van der Waals surface area contributed by atoms with E-state index in [0.717, 1.165) is 21.2 Å². The van der Waals surface area contributed by atoms with E-state index in [1.54, 1.807) is 62.6 Å². The van der Waals surface area contributed by atoms with E-state index in [4.69, 9.17) is 9.47 Å². The maximum atomic E-state index is 14.3. The normalized spacial score (nSPS) is 12.6. The number of sulfonamides is 1. The van der Waals surface area contributed by atoms with Gasteiger partial charge in [0.1, 0.15) is 24.1 Å². The van der Waals surface area contributed by atoms with Gasteiger partial charge in [-0.25, -0.2) is 8.42 Å². The zero-order chi connectivity index (χ0) is 32.3. The first kappa shape index (κ1) is 34.8. The highest BCUT2D eigenvalue weighted by molar-refractivity contribution is 7.98. The van der Waals surface area contributed by atoms with Gasteiger partial charge in [-0.05, 0) is 87.0 Å². The molecule has 0 bridgehead atoms. The quantitative estimate of drug-likeness (QED) is 0.199. The number of rotatable bonds is 16. The molecule has 3 aromatic carbocycles. The Morgan fingerprint density at radius 3 is 2.16 bits per heavy atom. The minimum absolute atomic E-state index is 0.0395. The standard InChI is InChI=1S/C33H43N3O6S2/c1-7-24(4)34-33(38)29(8-2)35(22-25-14-16-26(41-5)17-15-25)32(37)23-36(30-12-10-11-13-31(30)42-9-3)44(39,40)28-20-18-27(43-6)19-21-28/h10-21,24,29H,7-9,22-23H2,1-6H3,(H,34,38)/t24-,29+/m0/s1. The minimum Gasteiger partial charge on any atom is -0.497 e. The van der Waals surface area contributed by atoms with E-state index in [9.17, 15) is 18.0 Å². The molecule has 0 heterocycles. The first-order chi connectivity index (χ1) is 21.1. The van der Waals surface area contributed by atoms with E-state index in [1.165, 1.54) is 28.8 Å². The Morgan fingerprint density at radius 1 is 0.932 bits per heavy atom. The lowest BCUT2D eigenvalue weighted by Gasteiger charge is -2.34. The lowest BCUT2D eigenvalue weighted by atomic mass is 10.1. The molecule has 0 saturated carbocycles. The number of hydrogen-bond donors (Lipinski definition) is 1. The molecular weight excluding hydrogens is 599 g/mol. The lowest BCUT2D eigenvalue weighted by Crippen LogP contribution is -2.53. The van der Waals surface area contributed by atoms with Crippen LogP contribution in [0.15, 0.2) is 82.6 Å². The highest BCUT2D eigenvalue weighted by Gasteiger charge is 2.35. The number of amides is 2. The second kappa shape index (κ2) is 16.4. The summed E-state index contributed by atoms with van der Waals surface area (Å²) in [5, 5.41) is 2.99. The van der Waals surface area contributed by atoms with Crippen molar-refractivity contribution in [2.75, 3.05) is 30.8 Å². The summed E-state index contributed by atoms with van der Waals surface area (Å²) >= 11 is 1.50. The number of nitrogens with zero attached hydrogens (tertiary/aromatic N) is 2. The molecule has 44 heavy (non-hydrogen) atoms. The van der Waals surface area contributed by atoms with Crippen molar-refractivity contribution in [3.63, 3.8) is 0 Å². The van der Waals surface area contributed by atoms with Crippen molar-refractivity contribution in [1.29, 1.82) is 0 Å². The number of anilines is 1. The largest absolute Gasteiger partial charge is 0.497 e. The maximum Gasteiger partial charge on any atom is 0.264 e. The first-order valence-electron chi connectivity index (χ1n) is 14.7. The van der Waals surface area contributed by atoms with Gasteiger partial charge in [0.15, 0.2) is 0 Å². The molecule has 0 unspecified atom stereocenters. The molecule has 0 aliphatic carbocycles. The Balaban J connectivity index is 2.11. The van der Waals surface area contributed by atoms with Crippen LogP contribution in [0.4, 0.5) is 5.69 Å². The Morgan fingerprint density at radius 2 is 1.59 bits per heavy atom. The fourth-order valence-electron chi connectivity index (χ4n) is 4.62. The van der Waals surface area contributed by atoms with Crippen LogP contribution in [-0.2, 0) is 26.2 Å². The summed E-state index contributed by atoms with van der Waals surface area (Å²) in [5.41, 5.74) is 1.00. The Kier molecular flexibility index (Phi) is 13.0. The van der Waals surface area contributed by atoms with Gasteiger partial charge < -0.3 is 19.7 Å². The molecule has 0 radical (unpaired) electrons. The number of methoxy groups -OCH3 is 1. The molecule has 1 N–H and O–H groups in total. The van der Waals surface area contributed by atoms with Crippen LogP contribution in [-0.4, -0.2) is 63.7 Å². The predicted molar refractivity (Wildman–Crippen MR) is 176 cm³/mol. The van der Waals surface area contributed by atoms with Crippen molar-refractivity contribution < 1.29 is 27.5 Å². The molecule has 0 saturated heterocycles. The molecule has 3 aromatic rings. The van der Waals surface area contributed by atoms with Gasteiger partial charge in [0.2, 0.25) is 11.8 Å². The fourth-order valence-corrected chi connectivity index (χ4v) is 6.45. The number of para-hydroxylation sites is 2. The summed E-state index contributed by atoms with van der Waals surface area (Å²) in [7, 11) is -2.66.